The molecule has 0 aliphatic carbocycles. The molecule has 2 rings (SSSR count). The average molecular weight is 223 g/mol. The lowest BCUT2D eigenvalue weighted by Gasteiger charge is -2.06. The molecular weight excluding hydrogens is 213 g/mol. The third-order valence-electron chi connectivity index (χ3n) is 2.25. The largest absolute Gasteiger partial charge is 0.354 e. The molecule has 1 aliphatic rings. The summed E-state index contributed by atoms with van der Waals surface area (Å²) in [4.78, 5) is 27.2. The van der Waals surface area contributed by atoms with Gasteiger partial charge < -0.3 is 0 Å². The quantitative estimate of drug-likeness (QED) is 0.647. The van der Waals surface area contributed by atoms with E-state index >= 15 is 0 Å². The second-order valence-electron chi connectivity index (χ2n) is 3.25. The third-order valence-corrected chi connectivity index (χ3v) is 3.20. The molecule has 0 amide bonds. The van der Waals surface area contributed by atoms with E-state index in [1.165, 1.54) is 11.8 Å². The molecule has 0 N–H and O–H groups in total. The van der Waals surface area contributed by atoms with Crippen molar-refractivity contribution in [3.05, 3.63) is 21.0 Å². The molecule has 0 bridgehead atoms. The average Bonchev–Trinajstić information content (AvgIpc) is 2.65. The SMILES string of the molecule is [B]CCCn1c(=O)nc2n(c1=O)CCS2. The van der Waals surface area contributed by atoms with Crippen molar-refractivity contribution in [2.75, 3.05) is 5.75 Å². The van der Waals surface area contributed by atoms with E-state index in [0.29, 0.717) is 31.0 Å². The van der Waals surface area contributed by atoms with E-state index in [2.05, 4.69) is 4.98 Å². The molecule has 0 unspecified atom stereocenters. The van der Waals surface area contributed by atoms with Crippen molar-refractivity contribution in [3.63, 3.8) is 0 Å². The minimum Gasteiger partial charge on any atom is -0.271 e. The minimum atomic E-state index is -0.464. The van der Waals surface area contributed by atoms with Crippen LogP contribution in [0.15, 0.2) is 14.7 Å². The van der Waals surface area contributed by atoms with Crippen molar-refractivity contribution in [2.24, 2.45) is 0 Å². The van der Waals surface area contributed by atoms with Gasteiger partial charge in [-0.25, -0.2) is 14.2 Å². The first kappa shape index (κ1) is 10.5. The number of aromatic nitrogens is 3. The summed E-state index contributed by atoms with van der Waals surface area (Å²) in [7, 11) is 5.34. The molecule has 2 radical (unpaired) electrons. The second-order valence-corrected chi connectivity index (χ2v) is 4.32. The lowest BCUT2D eigenvalue weighted by atomic mass is 10.0. The Morgan fingerprint density at radius 2 is 2.27 bits per heavy atom. The number of hydrogen-bond donors (Lipinski definition) is 0. The monoisotopic (exact) mass is 223 g/mol. The first-order valence-electron chi connectivity index (χ1n) is 4.78. The fraction of sp³-hybridized carbons (Fsp3) is 0.625. The summed E-state index contributed by atoms with van der Waals surface area (Å²) in [6.45, 7) is 0.987. The Bertz CT molecular complexity index is 482. The van der Waals surface area contributed by atoms with E-state index in [0.717, 1.165) is 10.3 Å². The molecule has 78 valence electrons. The Hall–Kier alpha value is -0.975. The van der Waals surface area contributed by atoms with Crippen LogP contribution in [0.5, 0.6) is 0 Å². The van der Waals surface area contributed by atoms with Gasteiger partial charge in [-0.2, -0.15) is 4.98 Å². The van der Waals surface area contributed by atoms with Gasteiger partial charge >= 0.3 is 11.4 Å². The van der Waals surface area contributed by atoms with Gasteiger partial charge in [-0.1, -0.05) is 18.1 Å². The Morgan fingerprint density at radius 3 is 3.00 bits per heavy atom. The van der Waals surface area contributed by atoms with Crippen molar-refractivity contribution >= 4 is 19.6 Å². The standard InChI is InChI=1S/C8H10BN3O2S/c9-2-1-3-11-6(13)10-7-12(8(11)14)4-5-15-7/h1-5H2. The topological polar surface area (TPSA) is 56.9 Å². The smallest absolute Gasteiger partial charge is 0.271 e. The van der Waals surface area contributed by atoms with Crippen molar-refractivity contribution in [2.45, 2.75) is 31.0 Å². The maximum atomic E-state index is 11.8. The van der Waals surface area contributed by atoms with Crippen LogP contribution in [0.2, 0.25) is 6.32 Å². The molecule has 0 atom stereocenters. The van der Waals surface area contributed by atoms with Crippen LogP contribution in [0.4, 0.5) is 0 Å². The molecule has 0 saturated heterocycles. The molecule has 5 nitrogen and oxygen atoms in total. The molecule has 0 aromatic carbocycles. The Morgan fingerprint density at radius 1 is 1.47 bits per heavy atom. The Labute approximate surface area is 91.9 Å². The highest BCUT2D eigenvalue weighted by atomic mass is 32.2. The molecular formula is C8H10BN3O2S. The van der Waals surface area contributed by atoms with Gasteiger partial charge in [0, 0.05) is 18.8 Å². The highest BCUT2D eigenvalue weighted by Crippen LogP contribution is 2.18. The normalized spacial score (nSPS) is 14.1. The van der Waals surface area contributed by atoms with Crippen LogP contribution in [0, 0.1) is 0 Å². The zero-order valence-electron chi connectivity index (χ0n) is 8.18. The van der Waals surface area contributed by atoms with Crippen LogP contribution in [0.3, 0.4) is 0 Å². The summed E-state index contributed by atoms with van der Waals surface area (Å²) < 4.78 is 2.70. The number of nitrogens with zero attached hydrogens (tertiary/aromatic N) is 3. The molecule has 0 spiro atoms. The van der Waals surface area contributed by atoms with Crippen LogP contribution in [-0.2, 0) is 13.1 Å². The van der Waals surface area contributed by atoms with Gasteiger partial charge in [-0.05, 0) is 6.42 Å². The fourth-order valence-electron chi connectivity index (χ4n) is 1.48. The van der Waals surface area contributed by atoms with Gasteiger partial charge in [0.25, 0.3) is 0 Å². The predicted octanol–water partition coefficient (Wildman–Crippen LogP) is -0.512. The molecule has 2 heterocycles. The predicted molar refractivity (Wildman–Crippen MR) is 58.7 cm³/mol. The van der Waals surface area contributed by atoms with Crippen molar-refractivity contribution in [1.29, 1.82) is 0 Å². The zero-order valence-corrected chi connectivity index (χ0v) is 9.00. The number of hydrogen-bond acceptors (Lipinski definition) is 4. The number of thioether (sulfide) groups is 1. The third kappa shape index (κ3) is 1.88. The van der Waals surface area contributed by atoms with Gasteiger partial charge in [0.15, 0.2) is 5.16 Å². The molecule has 0 saturated carbocycles. The summed E-state index contributed by atoms with van der Waals surface area (Å²) in [6.07, 6.45) is 1.08. The van der Waals surface area contributed by atoms with Crippen molar-refractivity contribution in [3.8, 4) is 0 Å². The van der Waals surface area contributed by atoms with Gasteiger partial charge in [0.2, 0.25) is 0 Å². The van der Waals surface area contributed by atoms with E-state index < -0.39 is 5.69 Å². The first-order chi connectivity index (χ1) is 7.24. The van der Waals surface area contributed by atoms with Crippen molar-refractivity contribution < 1.29 is 0 Å². The zero-order chi connectivity index (χ0) is 10.8. The molecule has 0 fully saturated rings. The molecule has 1 aromatic heterocycles. The number of fused-ring (bicyclic) bond motifs is 1. The summed E-state index contributed by atoms with van der Waals surface area (Å²) in [5, 5.41) is 0.536. The molecule has 15 heavy (non-hydrogen) atoms. The highest BCUT2D eigenvalue weighted by molar-refractivity contribution is 7.99. The summed E-state index contributed by atoms with van der Waals surface area (Å²) in [6, 6.07) is 0. The lowest BCUT2D eigenvalue weighted by molar-refractivity contribution is 0.505. The van der Waals surface area contributed by atoms with Gasteiger partial charge in [-0.3, -0.25) is 4.57 Å². The fourth-order valence-corrected chi connectivity index (χ4v) is 2.41. The van der Waals surface area contributed by atoms with E-state index in [9.17, 15) is 9.59 Å². The van der Waals surface area contributed by atoms with Crippen LogP contribution in [-0.4, -0.2) is 27.7 Å². The maximum Gasteiger partial charge on any atom is 0.354 e. The van der Waals surface area contributed by atoms with Crippen LogP contribution in [0.25, 0.3) is 0 Å². The highest BCUT2D eigenvalue weighted by Gasteiger charge is 2.17. The lowest BCUT2D eigenvalue weighted by Crippen LogP contribution is -2.41. The van der Waals surface area contributed by atoms with Gasteiger partial charge in [-0.15, -0.1) is 0 Å². The molecule has 1 aliphatic heterocycles. The van der Waals surface area contributed by atoms with E-state index in [-0.39, 0.29) is 5.69 Å². The Kier molecular flexibility index (Phi) is 2.99. The summed E-state index contributed by atoms with van der Waals surface area (Å²) in [5.74, 6) is 0.808. The maximum absolute atomic E-state index is 11.8. The van der Waals surface area contributed by atoms with Gasteiger partial charge in [0.1, 0.15) is 0 Å². The van der Waals surface area contributed by atoms with Crippen molar-refractivity contribution in [1.82, 2.24) is 14.1 Å². The van der Waals surface area contributed by atoms with Crippen LogP contribution >= 0.6 is 11.8 Å². The Balaban J connectivity index is 2.47. The van der Waals surface area contributed by atoms with E-state index in [1.807, 2.05) is 0 Å². The first-order valence-corrected chi connectivity index (χ1v) is 5.77. The van der Waals surface area contributed by atoms with Crippen LogP contribution in [0.1, 0.15) is 6.42 Å². The number of rotatable bonds is 3. The van der Waals surface area contributed by atoms with E-state index in [1.54, 1.807) is 4.57 Å². The summed E-state index contributed by atoms with van der Waals surface area (Å²) >= 11 is 1.44. The van der Waals surface area contributed by atoms with E-state index in [4.69, 9.17) is 7.85 Å². The second kappa shape index (κ2) is 4.26. The molecule has 7 heteroatoms. The summed E-state index contributed by atoms with van der Waals surface area (Å²) in [5.41, 5.74) is -0.724. The minimum absolute atomic E-state index is 0.261. The molecule has 1 aromatic rings. The van der Waals surface area contributed by atoms with Crippen LogP contribution < -0.4 is 11.4 Å². The van der Waals surface area contributed by atoms with Gasteiger partial charge in [0.05, 0.1) is 7.85 Å².